The molecule has 0 spiro atoms. The Morgan fingerprint density at radius 1 is 1.30 bits per heavy atom. The van der Waals surface area contributed by atoms with Gasteiger partial charge in [0.1, 0.15) is 6.00 Å². The third-order valence-electron chi connectivity index (χ3n) is 1.50. The molecule has 0 bridgehead atoms. The SMILES string of the molecule is O=C1CCCC(=O)N1CCl. The number of rotatable bonds is 1. The Bertz CT molecular complexity index is 153. The van der Waals surface area contributed by atoms with Gasteiger partial charge in [0.2, 0.25) is 11.8 Å². The zero-order valence-corrected chi connectivity index (χ0v) is 6.23. The fraction of sp³-hybridized carbons (Fsp3) is 0.667. The molecule has 4 heteroatoms. The van der Waals surface area contributed by atoms with Crippen LogP contribution in [-0.4, -0.2) is 22.7 Å². The normalized spacial score (nSPS) is 19.9. The smallest absolute Gasteiger partial charge is 0.230 e. The summed E-state index contributed by atoms with van der Waals surface area (Å²) in [4.78, 5) is 22.8. The summed E-state index contributed by atoms with van der Waals surface area (Å²) in [7, 11) is 0. The molecule has 1 aliphatic rings. The number of likely N-dealkylation sites (tertiary alicyclic amines) is 1. The summed E-state index contributed by atoms with van der Waals surface area (Å²) in [6.07, 6.45) is 1.59. The maximum Gasteiger partial charge on any atom is 0.230 e. The van der Waals surface area contributed by atoms with Crippen LogP contribution < -0.4 is 0 Å². The van der Waals surface area contributed by atoms with Crippen molar-refractivity contribution in [2.24, 2.45) is 0 Å². The van der Waals surface area contributed by atoms with Gasteiger partial charge in [-0.15, -0.1) is 11.6 Å². The number of imide groups is 1. The van der Waals surface area contributed by atoms with Crippen LogP contribution in [0.5, 0.6) is 0 Å². The van der Waals surface area contributed by atoms with Crippen LogP contribution in [0.3, 0.4) is 0 Å². The van der Waals surface area contributed by atoms with E-state index in [0.29, 0.717) is 19.3 Å². The molecule has 0 aromatic carbocycles. The molecule has 0 saturated carbocycles. The van der Waals surface area contributed by atoms with Gasteiger partial charge in [0.15, 0.2) is 0 Å². The number of hydrogen-bond donors (Lipinski definition) is 0. The fourth-order valence-corrected chi connectivity index (χ4v) is 1.20. The molecule has 1 saturated heterocycles. The molecule has 3 nitrogen and oxygen atoms in total. The number of carbonyl (C=O) groups excluding carboxylic acids is 2. The first-order chi connectivity index (χ1) is 4.75. The summed E-state index contributed by atoms with van der Waals surface area (Å²) in [6.45, 7) is 0. The molecule has 0 N–H and O–H groups in total. The van der Waals surface area contributed by atoms with E-state index in [1.165, 1.54) is 0 Å². The Kier molecular flexibility index (Phi) is 2.27. The molecule has 0 radical (unpaired) electrons. The Morgan fingerprint density at radius 3 is 2.10 bits per heavy atom. The summed E-state index contributed by atoms with van der Waals surface area (Å²) >= 11 is 5.35. The number of amides is 2. The molecule has 0 unspecified atom stereocenters. The highest BCUT2D eigenvalue weighted by Gasteiger charge is 2.24. The van der Waals surface area contributed by atoms with Gasteiger partial charge >= 0.3 is 0 Å². The first kappa shape index (κ1) is 7.54. The summed E-state index contributed by atoms with van der Waals surface area (Å²) < 4.78 is 0. The minimum atomic E-state index is -0.147. The van der Waals surface area contributed by atoms with Gasteiger partial charge in [0.05, 0.1) is 0 Å². The van der Waals surface area contributed by atoms with Crippen molar-refractivity contribution in [1.29, 1.82) is 0 Å². The van der Waals surface area contributed by atoms with Gasteiger partial charge in [-0.2, -0.15) is 0 Å². The molecule has 56 valence electrons. The van der Waals surface area contributed by atoms with E-state index >= 15 is 0 Å². The van der Waals surface area contributed by atoms with Crippen LogP contribution in [0.15, 0.2) is 0 Å². The second-order valence-electron chi connectivity index (χ2n) is 2.19. The first-order valence-electron chi connectivity index (χ1n) is 3.15. The standard InChI is InChI=1S/C6H8ClNO2/c7-4-8-5(9)2-1-3-6(8)10/h1-4H2. The van der Waals surface area contributed by atoms with Crippen molar-refractivity contribution < 1.29 is 9.59 Å². The van der Waals surface area contributed by atoms with E-state index in [1.807, 2.05) is 0 Å². The van der Waals surface area contributed by atoms with Crippen molar-refractivity contribution in [1.82, 2.24) is 4.90 Å². The molecule has 2 amide bonds. The summed E-state index contributed by atoms with van der Waals surface area (Å²) in [5.74, 6) is -0.294. The second kappa shape index (κ2) is 3.01. The lowest BCUT2D eigenvalue weighted by Gasteiger charge is -2.21. The van der Waals surface area contributed by atoms with Crippen LogP contribution in [0.25, 0.3) is 0 Å². The van der Waals surface area contributed by atoms with Gasteiger partial charge < -0.3 is 0 Å². The Hall–Kier alpha value is -0.570. The molecule has 0 atom stereocenters. The van der Waals surface area contributed by atoms with E-state index in [2.05, 4.69) is 0 Å². The third kappa shape index (κ3) is 1.29. The van der Waals surface area contributed by atoms with Gasteiger partial charge in [0, 0.05) is 12.8 Å². The number of carbonyl (C=O) groups is 2. The summed E-state index contributed by atoms with van der Waals surface area (Å²) in [5.41, 5.74) is 0. The zero-order valence-electron chi connectivity index (χ0n) is 5.47. The fourth-order valence-electron chi connectivity index (χ4n) is 0.933. The van der Waals surface area contributed by atoms with Crippen LogP contribution in [-0.2, 0) is 9.59 Å². The van der Waals surface area contributed by atoms with Gasteiger partial charge in [0.25, 0.3) is 0 Å². The van der Waals surface area contributed by atoms with E-state index in [4.69, 9.17) is 11.6 Å². The molecular formula is C6H8ClNO2. The number of hydrogen-bond acceptors (Lipinski definition) is 2. The van der Waals surface area contributed by atoms with Crippen molar-refractivity contribution >= 4 is 23.4 Å². The van der Waals surface area contributed by atoms with Crippen LogP contribution in [0, 0.1) is 0 Å². The topological polar surface area (TPSA) is 37.4 Å². The maximum absolute atomic E-state index is 10.9. The average Bonchev–Trinajstić information content (AvgIpc) is 1.88. The minimum absolute atomic E-state index is 0.00231. The van der Waals surface area contributed by atoms with E-state index in [0.717, 1.165) is 4.90 Å². The van der Waals surface area contributed by atoms with Crippen molar-refractivity contribution in [3.63, 3.8) is 0 Å². The number of alkyl halides is 1. The lowest BCUT2D eigenvalue weighted by atomic mass is 10.1. The first-order valence-corrected chi connectivity index (χ1v) is 3.68. The van der Waals surface area contributed by atoms with Gasteiger partial charge in [-0.05, 0) is 6.42 Å². The van der Waals surface area contributed by atoms with Crippen LogP contribution in [0.1, 0.15) is 19.3 Å². The highest BCUT2D eigenvalue weighted by atomic mass is 35.5. The summed E-state index contributed by atoms with van der Waals surface area (Å²) in [6, 6.07) is -0.00231. The molecule has 1 aliphatic heterocycles. The molecule has 0 aromatic heterocycles. The monoisotopic (exact) mass is 161 g/mol. The zero-order chi connectivity index (χ0) is 7.56. The van der Waals surface area contributed by atoms with Gasteiger partial charge in [-0.3, -0.25) is 14.5 Å². The lowest BCUT2D eigenvalue weighted by molar-refractivity contribution is -0.146. The van der Waals surface area contributed by atoms with Crippen LogP contribution >= 0.6 is 11.6 Å². The minimum Gasteiger partial charge on any atom is -0.274 e. The molecular weight excluding hydrogens is 154 g/mol. The number of halogens is 1. The van der Waals surface area contributed by atoms with E-state index in [9.17, 15) is 9.59 Å². The second-order valence-corrected chi connectivity index (χ2v) is 2.43. The van der Waals surface area contributed by atoms with Gasteiger partial charge in [-0.1, -0.05) is 0 Å². The summed E-state index contributed by atoms with van der Waals surface area (Å²) in [5, 5.41) is 0. The van der Waals surface area contributed by atoms with E-state index in [-0.39, 0.29) is 17.8 Å². The van der Waals surface area contributed by atoms with Crippen molar-refractivity contribution in [2.75, 3.05) is 6.00 Å². The van der Waals surface area contributed by atoms with Crippen molar-refractivity contribution in [2.45, 2.75) is 19.3 Å². The third-order valence-corrected chi connectivity index (χ3v) is 1.74. The van der Waals surface area contributed by atoms with E-state index in [1.54, 1.807) is 0 Å². The Morgan fingerprint density at radius 2 is 1.80 bits per heavy atom. The molecule has 10 heavy (non-hydrogen) atoms. The Balaban J connectivity index is 2.62. The maximum atomic E-state index is 10.9. The predicted octanol–water partition coefficient (Wildman–Crippen LogP) is 0.722. The number of piperidine rings is 1. The molecule has 1 heterocycles. The van der Waals surface area contributed by atoms with Crippen LogP contribution in [0.4, 0.5) is 0 Å². The van der Waals surface area contributed by atoms with Gasteiger partial charge in [-0.25, -0.2) is 0 Å². The van der Waals surface area contributed by atoms with Crippen molar-refractivity contribution in [3.8, 4) is 0 Å². The highest BCUT2D eigenvalue weighted by molar-refractivity contribution is 6.20. The van der Waals surface area contributed by atoms with Crippen LogP contribution in [0.2, 0.25) is 0 Å². The molecule has 1 rings (SSSR count). The lowest BCUT2D eigenvalue weighted by Crippen LogP contribution is -2.38. The van der Waals surface area contributed by atoms with E-state index < -0.39 is 0 Å². The van der Waals surface area contributed by atoms with Crippen molar-refractivity contribution in [3.05, 3.63) is 0 Å². The molecule has 0 aliphatic carbocycles. The Labute approximate surface area is 63.9 Å². The molecule has 1 fully saturated rings. The molecule has 0 aromatic rings. The largest absolute Gasteiger partial charge is 0.274 e. The quantitative estimate of drug-likeness (QED) is 0.323. The number of nitrogens with zero attached hydrogens (tertiary/aromatic N) is 1. The highest BCUT2D eigenvalue weighted by Crippen LogP contribution is 2.11. The predicted molar refractivity (Wildman–Crippen MR) is 36.4 cm³/mol. The average molecular weight is 162 g/mol.